The summed E-state index contributed by atoms with van der Waals surface area (Å²) in [7, 11) is 0. The molecule has 0 spiro atoms. The fourth-order valence-electron chi connectivity index (χ4n) is 2.32. The number of carbonyl (C=O) groups is 2. The van der Waals surface area contributed by atoms with Crippen molar-refractivity contribution in [3.63, 3.8) is 0 Å². The summed E-state index contributed by atoms with van der Waals surface area (Å²) >= 11 is 5.97. The molecular weight excluding hydrogens is 356 g/mol. The van der Waals surface area contributed by atoms with Crippen LogP contribution in [-0.4, -0.2) is 25.2 Å². The molecule has 0 amide bonds. The van der Waals surface area contributed by atoms with Crippen LogP contribution in [0.3, 0.4) is 0 Å². The van der Waals surface area contributed by atoms with Crippen molar-refractivity contribution >= 4 is 23.5 Å². The summed E-state index contributed by atoms with van der Waals surface area (Å²) in [5.74, 6) is -0.0674. The van der Waals surface area contributed by atoms with Crippen LogP contribution in [-0.2, 0) is 27.3 Å². The number of halogens is 1. The molecule has 0 unspecified atom stereocenters. The van der Waals surface area contributed by atoms with Crippen molar-refractivity contribution in [2.24, 2.45) is 0 Å². The Kier molecular flexibility index (Phi) is 7.48. The summed E-state index contributed by atoms with van der Waals surface area (Å²) < 4.78 is 15.7. The summed E-state index contributed by atoms with van der Waals surface area (Å²) in [5.41, 5.74) is 1.91. The van der Waals surface area contributed by atoms with E-state index < -0.39 is 5.97 Å². The van der Waals surface area contributed by atoms with E-state index in [-0.39, 0.29) is 25.6 Å². The lowest BCUT2D eigenvalue weighted by Crippen LogP contribution is -2.10. The van der Waals surface area contributed by atoms with E-state index in [9.17, 15) is 9.59 Å². The average molecular weight is 377 g/mol. The van der Waals surface area contributed by atoms with Gasteiger partial charge in [0.25, 0.3) is 0 Å². The molecule has 2 rings (SSSR count). The first-order chi connectivity index (χ1) is 12.5. The van der Waals surface area contributed by atoms with Crippen molar-refractivity contribution in [1.29, 1.82) is 0 Å². The molecule has 138 valence electrons. The van der Waals surface area contributed by atoms with E-state index in [2.05, 4.69) is 0 Å². The lowest BCUT2D eigenvalue weighted by atomic mass is 10.1. The third-order valence-corrected chi connectivity index (χ3v) is 3.77. The van der Waals surface area contributed by atoms with Crippen LogP contribution in [0.25, 0.3) is 0 Å². The highest BCUT2D eigenvalue weighted by molar-refractivity contribution is 6.31. The molecule has 0 radical (unpaired) electrons. The van der Waals surface area contributed by atoms with Crippen LogP contribution in [0, 0.1) is 0 Å². The Bertz CT molecular complexity index is 755. The van der Waals surface area contributed by atoms with Gasteiger partial charge in [-0.3, -0.25) is 4.79 Å². The highest BCUT2D eigenvalue weighted by atomic mass is 35.5. The quantitative estimate of drug-likeness (QED) is 0.646. The minimum Gasteiger partial charge on any atom is -0.489 e. The summed E-state index contributed by atoms with van der Waals surface area (Å²) in [6.45, 7) is 4.37. The maximum Gasteiger partial charge on any atom is 0.338 e. The summed E-state index contributed by atoms with van der Waals surface area (Å²) in [6.07, 6.45) is 0.221. The normalized spacial score (nSPS) is 10.3. The topological polar surface area (TPSA) is 61.8 Å². The number of hydrogen-bond acceptors (Lipinski definition) is 5. The second kappa shape index (κ2) is 9.82. The molecule has 26 heavy (non-hydrogen) atoms. The maximum atomic E-state index is 12.0. The van der Waals surface area contributed by atoms with Crippen molar-refractivity contribution in [3.05, 3.63) is 64.2 Å². The third kappa shape index (κ3) is 5.77. The van der Waals surface area contributed by atoms with Crippen molar-refractivity contribution in [2.45, 2.75) is 26.9 Å². The van der Waals surface area contributed by atoms with Crippen LogP contribution in [0.2, 0.25) is 5.02 Å². The minimum absolute atomic E-state index is 0.197. The molecule has 0 saturated heterocycles. The number of hydrogen-bond donors (Lipinski definition) is 0. The summed E-state index contributed by atoms with van der Waals surface area (Å²) in [4.78, 5) is 23.5. The van der Waals surface area contributed by atoms with Gasteiger partial charge in [-0.15, -0.1) is 0 Å². The molecule has 0 atom stereocenters. The summed E-state index contributed by atoms with van der Waals surface area (Å²) in [6, 6.07) is 12.2. The molecule has 2 aromatic rings. The Hall–Kier alpha value is -2.53. The van der Waals surface area contributed by atoms with Crippen molar-refractivity contribution in [3.8, 4) is 5.75 Å². The van der Waals surface area contributed by atoms with Gasteiger partial charge in [0.15, 0.2) is 0 Å². The Labute approximate surface area is 157 Å². The molecule has 0 fully saturated rings. The van der Waals surface area contributed by atoms with E-state index in [1.807, 2.05) is 0 Å². The minimum atomic E-state index is -0.432. The first kappa shape index (κ1) is 19.8. The molecule has 0 bridgehead atoms. The average Bonchev–Trinajstić information content (AvgIpc) is 2.62. The van der Waals surface area contributed by atoms with Crippen molar-refractivity contribution < 1.29 is 23.8 Å². The number of ether oxygens (including phenoxy) is 3. The lowest BCUT2D eigenvalue weighted by molar-refractivity contribution is -0.142. The van der Waals surface area contributed by atoms with Gasteiger partial charge in [-0.05, 0) is 43.7 Å². The van der Waals surface area contributed by atoms with Crippen LogP contribution >= 0.6 is 11.6 Å². The molecule has 0 saturated carbocycles. The van der Waals surface area contributed by atoms with Gasteiger partial charge in [0.1, 0.15) is 12.4 Å². The Morgan fingerprint density at radius 3 is 2.31 bits per heavy atom. The molecular formula is C20H21ClO5. The van der Waals surface area contributed by atoms with E-state index in [4.69, 9.17) is 25.8 Å². The zero-order chi connectivity index (χ0) is 18.9. The van der Waals surface area contributed by atoms with Gasteiger partial charge in [0, 0.05) is 10.6 Å². The Morgan fingerprint density at radius 2 is 1.65 bits per heavy atom. The van der Waals surface area contributed by atoms with Crippen LogP contribution < -0.4 is 4.74 Å². The molecule has 5 nitrogen and oxygen atoms in total. The second-order valence-corrected chi connectivity index (χ2v) is 5.87. The molecule has 2 aromatic carbocycles. The van der Waals surface area contributed by atoms with Gasteiger partial charge < -0.3 is 14.2 Å². The van der Waals surface area contributed by atoms with Gasteiger partial charge in [-0.1, -0.05) is 29.8 Å². The van der Waals surface area contributed by atoms with Crippen LogP contribution in [0.4, 0.5) is 0 Å². The molecule has 0 aliphatic heterocycles. The molecule has 6 heteroatoms. The fraction of sp³-hybridized carbons (Fsp3) is 0.300. The molecule has 0 heterocycles. The van der Waals surface area contributed by atoms with Crippen molar-refractivity contribution in [1.82, 2.24) is 0 Å². The highest BCUT2D eigenvalue weighted by Crippen LogP contribution is 2.20. The van der Waals surface area contributed by atoms with Crippen LogP contribution in [0.15, 0.2) is 42.5 Å². The molecule has 0 aliphatic carbocycles. The van der Waals surface area contributed by atoms with Crippen LogP contribution in [0.1, 0.15) is 35.3 Å². The maximum absolute atomic E-state index is 12.0. The smallest absolute Gasteiger partial charge is 0.338 e. The van der Waals surface area contributed by atoms with Gasteiger partial charge in [-0.25, -0.2) is 4.79 Å². The van der Waals surface area contributed by atoms with Gasteiger partial charge >= 0.3 is 11.9 Å². The molecule has 0 N–H and O–H groups in total. The standard InChI is InChI=1S/C20H21ClO5/c1-3-24-19(22)11-14-5-9-17(10-6-14)26-13-15-7-8-16(21)12-18(15)20(23)25-4-2/h5-10,12H,3-4,11,13H2,1-2H3. The number of esters is 2. The monoisotopic (exact) mass is 376 g/mol. The third-order valence-electron chi connectivity index (χ3n) is 3.54. The number of carbonyl (C=O) groups excluding carboxylic acids is 2. The highest BCUT2D eigenvalue weighted by Gasteiger charge is 2.14. The van der Waals surface area contributed by atoms with Gasteiger partial charge in [0.05, 0.1) is 25.2 Å². The predicted octanol–water partition coefficient (Wildman–Crippen LogP) is 4.20. The first-order valence-electron chi connectivity index (χ1n) is 8.36. The van der Waals surface area contributed by atoms with E-state index in [1.165, 1.54) is 0 Å². The zero-order valence-corrected chi connectivity index (χ0v) is 15.5. The number of benzene rings is 2. The number of rotatable bonds is 8. The Balaban J connectivity index is 2.02. The SMILES string of the molecule is CCOC(=O)Cc1ccc(OCc2ccc(Cl)cc2C(=O)OCC)cc1. The summed E-state index contributed by atoms with van der Waals surface area (Å²) in [5, 5.41) is 0.458. The van der Waals surface area contributed by atoms with E-state index in [0.717, 1.165) is 5.56 Å². The largest absolute Gasteiger partial charge is 0.489 e. The van der Waals surface area contributed by atoms with Crippen molar-refractivity contribution in [2.75, 3.05) is 13.2 Å². The van der Waals surface area contributed by atoms with Crippen LogP contribution in [0.5, 0.6) is 5.75 Å². The molecule has 0 aliphatic rings. The van der Waals surface area contributed by atoms with Gasteiger partial charge in [-0.2, -0.15) is 0 Å². The zero-order valence-electron chi connectivity index (χ0n) is 14.8. The fourth-order valence-corrected chi connectivity index (χ4v) is 2.49. The molecule has 0 aromatic heterocycles. The van der Waals surface area contributed by atoms with Gasteiger partial charge in [0.2, 0.25) is 0 Å². The second-order valence-electron chi connectivity index (χ2n) is 5.44. The predicted molar refractivity (Wildman–Crippen MR) is 98.5 cm³/mol. The Morgan fingerprint density at radius 1 is 0.962 bits per heavy atom. The lowest BCUT2D eigenvalue weighted by Gasteiger charge is -2.11. The van der Waals surface area contributed by atoms with E-state index in [0.29, 0.717) is 28.5 Å². The van der Waals surface area contributed by atoms with E-state index >= 15 is 0 Å². The first-order valence-corrected chi connectivity index (χ1v) is 8.74. The van der Waals surface area contributed by atoms with E-state index in [1.54, 1.807) is 56.3 Å².